The Kier molecular flexibility index (Phi) is 3.95. The highest BCUT2D eigenvalue weighted by atomic mass is 16.5. The van der Waals surface area contributed by atoms with Gasteiger partial charge in [0.1, 0.15) is 5.75 Å². The molecule has 0 aliphatic carbocycles. The van der Waals surface area contributed by atoms with Crippen LogP contribution >= 0.6 is 0 Å². The van der Waals surface area contributed by atoms with Gasteiger partial charge in [0.15, 0.2) is 0 Å². The molecule has 2 N–H and O–H groups in total. The van der Waals surface area contributed by atoms with Crippen LogP contribution in [0.2, 0.25) is 0 Å². The van der Waals surface area contributed by atoms with Crippen LogP contribution in [-0.4, -0.2) is 28.4 Å². The van der Waals surface area contributed by atoms with E-state index >= 15 is 0 Å². The van der Waals surface area contributed by atoms with Crippen molar-refractivity contribution in [2.45, 2.75) is 0 Å². The molecule has 0 atom stereocenters. The molecule has 1 heterocycles. The summed E-state index contributed by atoms with van der Waals surface area (Å²) in [6, 6.07) is 8.71. The predicted octanol–water partition coefficient (Wildman–Crippen LogP) is 1.54. The number of methoxy groups -OCH3 is 1. The first-order valence-corrected chi connectivity index (χ1v) is 5.76. The van der Waals surface area contributed by atoms with E-state index in [4.69, 9.17) is 9.84 Å². The van der Waals surface area contributed by atoms with Gasteiger partial charge < -0.3 is 9.84 Å². The van der Waals surface area contributed by atoms with E-state index in [1.54, 1.807) is 12.1 Å². The molecule has 20 heavy (non-hydrogen) atoms. The zero-order valence-electron chi connectivity index (χ0n) is 10.7. The average molecular weight is 272 g/mol. The summed E-state index contributed by atoms with van der Waals surface area (Å²) >= 11 is 0. The molecular weight excluding hydrogens is 260 g/mol. The molecule has 102 valence electrons. The molecule has 0 saturated carbocycles. The highest BCUT2D eigenvalue weighted by Crippen LogP contribution is 2.27. The lowest BCUT2D eigenvalue weighted by Crippen LogP contribution is -2.12. The monoisotopic (exact) mass is 272 g/mol. The van der Waals surface area contributed by atoms with Gasteiger partial charge >= 0.3 is 5.97 Å². The van der Waals surface area contributed by atoms with E-state index in [1.165, 1.54) is 19.3 Å². The van der Waals surface area contributed by atoms with Gasteiger partial charge in [-0.2, -0.15) is 5.10 Å². The first-order valence-electron chi connectivity index (χ1n) is 5.76. The Balaban J connectivity index is 2.51. The lowest BCUT2D eigenvalue weighted by molar-refractivity contribution is -0.131. The van der Waals surface area contributed by atoms with Crippen LogP contribution in [0.3, 0.4) is 0 Å². The van der Waals surface area contributed by atoms with E-state index in [0.717, 1.165) is 6.08 Å². The molecule has 2 rings (SSSR count). The molecule has 1 aromatic carbocycles. The van der Waals surface area contributed by atoms with E-state index in [1.807, 2.05) is 12.1 Å². The summed E-state index contributed by atoms with van der Waals surface area (Å²) in [6.07, 6.45) is 2.12. The fourth-order valence-corrected chi connectivity index (χ4v) is 1.70. The summed E-state index contributed by atoms with van der Waals surface area (Å²) in [5.41, 5.74) is 0.952. The Bertz CT molecular complexity index is 719. The van der Waals surface area contributed by atoms with Gasteiger partial charge in [0.05, 0.1) is 12.8 Å². The summed E-state index contributed by atoms with van der Waals surface area (Å²) in [4.78, 5) is 22.1. The van der Waals surface area contributed by atoms with Crippen molar-refractivity contribution in [1.29, 1.82) is 0 Å². The standard InChI is InChI=1S/C14H12N2O4/c1-20-12-5-3-2-4-10(12)11-8-9(6-7-13(17)18)14(19)16-15-11/h2-8H,1H3,(H,16,19)(H,17,18)/b7-6+. The molecule has 6 heteroatoms. The zero-order chi connectivity index (χ0) is 14.5. The molecule has 1 aromatic heterocycles. The minimum Gasteiger partial charge on any atom is -0.496 e. The summed E-state index contributed by atoms with van der Waals surface area (Å²) in [5, 5.41) is 14.9. The van der Waals surface area contributed by atoms with Crippen molar-refractivity contribution in [3.05, 3.63) is 52.3 Å². The van der Waals surface area contributed by atoms with Gasteiger partial charge in [-0.3, -0.25) is 4.79 Å². The van der Waals surface area contributed by atoms with E-state index < -0.39 is 11.5 Å². The quantitative estimate of drug-likeness (QED) is 0.824. The molecule has 0 aliphatic rings. The molecule has 0 aliphatic heterocycles. The number of aromatic nitrogens is 2. The van der Waals surface area contributed by atoms with E-state index in [2.05, 4.69) is 10.2 Å². The van der Waals surface area contributed by atoms with Gasteiger partial charge in [-0.25, -0.2) is 9.89 Å². The van der Waals surface area contributed by atoms with Crippen LogP contribution in [0.15, 0.2) is 41.2 Å². The molecule has 0 bridgehead atoms. The van der Waals surface area contributed by atoms with E-state index in [9.17, 15) is 9.59 Å². The molecule has 0 fully saturated rings. The summed E-state index contributed by atoms with van der Waals surface area (Å²) in [7, 11) is 1.54. The largest absolute Gasteiger partial charge is 0.496 e. The van der Waals surface area contributed by atoms with Gasteiger partial charge in [-0.05, 0) is 24.3 Å². The minimum atomic E-state index is -1.12. The van der Waals surface area contributed by atoms with Crippen LogP contribution in [0.4, 0.5) is 0 Å². The first-order chi connectivity index (χ1) is 9.61. The van der Waals surface area contributed by atoms with Gasteiger partial charge in [0.2, 0.25) is 0 Å². The molecule has 0 amide bonds. The normalized spacial score (nSPS) is 10.7. The Hall–Kier alpha value is -2.89. The van der Waals surface area contributed by atoms with E-state index in [-0.39, 0.29) is 5.56 Å². The second-order valence-electron chi connectivity index (χ2n) is 3.91. The maximum Gasteiger partial charge on any atom is 0.328 e. The van der Waals surface area contributed by atoms with Crippen molar-refractivity contribution in [1.82, 2.24) is 10.2 Å². The van der Waals surface area contributed by atoms with Crippen LogP contribution in [-0.2, 0) is 4.79 Å². The van der Waals surface area contributed by atoms with Gasteiger partial charge in [-0.15, -0.1) is 0 Å². The molecule has 0 radical (unpaired) electrons. The number of benzene rings is 1. The number of hydrogen-bond donors (Lipinski definition) is 2. The van der Waals surface area contributed by atoms with Crippen LogP contribution < -0.4 is 10.3 Å². The number of rotatable bonds is 4. The van der Waals surface area contributed by atoms with Crippen molar-refractivity contribution in [3.63, 3.8) is 0 Å². The van der Waals surface area contributed by atoms with Crippen molar-refractivity contribution in [3.8, 4) is 17.0 Å². The highest BCUT2D eigenvalue weighted by molar-refractivity contribution is 5.85. The fourth-order valence-electron chi connectivity index (χ4n) is 1.70. The molecule has 6 nitrogen and oxygen atoms in total. The molecule has 0 spiro atoms. The zero-order valence-corrected chi connectivity index (χ0v) is 10.7. The van der Waals surface area contributed by atoms with Crippen LogP contribution in [0.5, 0.6) is 5.75 Å². The number of para-hydroxylation sites is 1. The van der Waals surface area contributed by atoms with Crippen molar-refractivity contribution in [2.75, 3.05) is 7.11 Å². The van der Waals surface area contributed by atoms with Crippen LogP contribution in [0, 0.1) is 0 Å². The van der Waals surface area contributed by atoms with Gasteiger partial charge in [0, 0.05) is 17.2 Å². The van der Waals surface area contributed by atoms with Crippen molar-refractivity contribution < 1.29 is 14.6 Å². The third kappa shape index (κ3) is 2.92. The Morgan fingerprint density at radius 1 is 1.40 bits per heavy atom. The number of carboxylic acid groups (broad SMARTS) is 1. The SMILES string of the molecule is COc1ccccc1-c1cc(/C=C/C(=O)O)c(=O)[nH]n1. The highest BCUT2D eigenvalue weighted by Gasteiger charge is 2.08. The van der Waals surface area contributed by atoms with Crippen molar-refractivity contribution in [2.24, 2.45) is 0 Å². The summed E-state index contributed by atoms with van der Waals surface area (Å²) in [6.45, 7) is 0. The smallest absolute Gasteiger partial charge is 0.328 e. The second-order valence-corrected chi connectivity index (χ2v) is 3.91. The third-order valence-corrected chi connectivity index (χ3v) is 2.62. The second kappa shape index (κ2) is 5.83. The Labute approximate surface area is 114 Å². The molecule has 0 saturated heterocycles. The molecule has 0 unspecified atom stereocenters. The number of H-pyrrole nitrogens is 1. The topological polar surface area (TPSA) is 92.3 Å². The number of aliphatic carboxylic acids is 1. The van der Waals surface area contributed by atoms with E-state index in [0.29, 0.717) is 17.0 Å². The number of nitrogens with one attached hydrogen (secondary N) is 1. The average Bonchev–Trinajstić information content (AvgIpc) is 2.46. The maximum absolute atomic E-state index is 11.6. The van der Waals surface area contributed by atoms with Gasteiger partial charge in [-0.1, -0.05) is 12.1 Å². The lowest BCUT2D eigenvalue weighted by atomic mass is 10.1. The van der Waals surface area contributed by atoms with Gasteiger partial charge in [0.25, 0.3) is 5.56 Å². The number of carbonyl (C=O) groups is 1. The predicted molar refractivity (Wildman–Crippen MR) is 73.5 cm³/mol. The fraction of sp³-hybridized carbons (Fsp3) is 0.0714. The third-order valence-electron chi connectivity index (χ3n) is 2.62. The number of ether oxygens (including phenoxy) is 1. The number of nitrogens with zero attached hydrogens (tertiary/aromatic N) is 1. The Morgan fingerprint density at radius 2 is 2.15 bits per heavy atom. The Morgan fingerprint density at radius 3 is 2.85 bits per heavy atom. The summed E-state index contributed by atoms with van der Waals surface area (Å²) < 4.78 is 5.22. The molecular formula is C14H12N2O4. The first kappa shape index (κ1) is 13.5. The maximum atomic E-state index is 11.6. The number of carboxylic acids is 1. The van der Waals surface area contributed by atoms with Crippen molar-refractivity contribution >= 4 is 12.0 Å². The van der Waals surface area contributed by atoms with Crippen LogP contribution in [0.25, 0.3) is 17.3 Å². The number of aromatic amines is 1. The molecule has 2 aromatic rings. The van der Waals surface area contributed by atoms with Crippen LogP contribution in [0.1, 0.15) is 5.56 Å². The number of hydrogen-bond acceptors (Lipinski definition) is 4. The lowest BCUT2D eigenvalue weighted by Gasteiger charge is -2.07. The summed E-state index contributed by atoms with van der Waals surface area (Å²) in [5.74, 6) is -0.514. The minimum absolute atomic E-state index is 0.211.